The van der Waals surface area contributed by atoms with Gasteiger partial charge >= 0.3 is 0 Å². The summed E-state index contributed by atoms with van der Waals surface area (Å²) in [5, 5.41) is 3.18. The summed E-state index contributed by atoms with van der Waals surface area (Å²) in [6.45, 7) is 2.62. The molecule has 0 radical (unpaired) electrons. The summed E-state index contributed by atoms with van der Waals surface area (Å²) in [5.41, 5.74) is 2.45. The SMILES string of the molecule is C[C@@H]1CCCC[C@H]1NC(=O)c1ccc(OCc2cn3ccccc3n2)cc1. The molecular weight excluding hydrogens is 338 g/mol. The van der Waals surface area contributed by atoms with Gasteiger partial charge in [0.05, 0.1) is 5.69 Å². The Bertz CT molecular complexity index is 884. The number of aromatic nitrogens is 2. The predicted molar refractivity (Wildman–Crippen MR) is 105 cm³/mol. The molecule has 1 aromatic carbocycles. The number of hydrogen-bond donors (Lipinski definition) is 1. The van der Waals surface area contributed by atoms with E-state index in [1.165, 1.54) is 19.3 Å². The molecule has 4 rings (SSSR count). The van der Waals surface area contributed by atoms with Gasteiger partial charge in [0.25, 0.3) is 5.91 Å². The molecule has 1 N–H and O–H groups in total. The Labute approximate surface area is 159 Å². The first-order valence-electron chi connectivity index (χ1n) is 9.65. The second-order valence-electron chi connectivity index (χ2n) is 7.35. The van der Waals surface area contributed by atoms with Crippen molar-refractivity contribution in [2.24, 2.45) is 5.92 Å². The number of carbonyl (C=O) groups excluding carboxylic acids is 1. The minimum Gasteiger partial charge on any atom is -0.487 e. The lowest BCUT2D eigenvalue weighted by Crippen LogP contribution is -2.41. The number of fused-ring (bicyclic) bond motifs is 1. The van der Waals surface area contributed by atoms with Crippen molar-refractivity contribution in [3.05, 3.63) is 66.1 Å². The number of carbonyl (C=O) groups is 1. The van der Waals surface area contributed by atoms with Crippen molar-refractivity contribution in [3.63, 3.8) is 0 Å². The summed E-state index contributed by atoms with van der Waals surface area (Å²) in [4.78, 5) is 17.0. The second-order valence-corrected chi connectivity index (χ2v) is 7.35. The van der Waals surface area contributed by atoms with Gasteiger partial charge in [-0.2, -0.15) is 0 Å². The molecule has 1 saturated carbocycles. The van der Waals surface area contributed by atoms with Crippen molar-refractivity contribution in [3.8, 4) is 5.75 Å². The Balaban J connectivity index is 1.34. The second kappa shape index (κ2) is 7.82. The fraction of sp³-hybridized carbons (Fsp3) is 0.364. The predicted octanol–water partition coefficient (Wildman–Crippen LogP) is 4.22. The summed E-state index contributed by atoms with van der Waals surface area (Å²) in [6, 6.07) is 13.5. The Hall–Kier alpha value is -2.82. The lowest BCUT2D eigenvalue weighted by Gasteiger charge is -2.29. The molecule has 27 heavy (non-hydrogen) atoms. The zero-order valence-corrected chi connectivity index (χ0v) is 15.6. The molecule has 0 aliphatic heterocycles. The van der Waals surface area contributed by atoms with Crippen LogP contribution in [0, 0.1) is 5.92 Å². The van der Waals surface area contributed by atoms with Gasteiger partial charge in [-0.25, -0.2) is 4.98 Å². The van der Waals surface area contributed by atoms with E-state index in [4.69, 9.17) is 4.74 Å². The number of imidazole rings is 1. The first-order valence-corrected chi connectivity index (χ1v) is 9.65. The van der Waals surface area contributed by atoms with Crippen LogP contribution in [0.1, 0.15) is 48.7 Å². The smallest absolute Gasteiger partial charge is 0.251 e. The van der Waals surface area contributed by atoms with E-state index in [0.29, 0.717) is 18.1 Å². The molecule has 0 spiro atoms. The first-order chi connectivity index (χ1) is 13.2. The molecule has 1 aliphatic rings. The maximum Gasteiger partial charge on any atom is 0.251 e. The van der Waals surface area contributed by atoms with Crippen LogP contribution in [0.15, 0.2) is 54.9 Å². The number of amides is 1. The van der Waals surface area contributed by atoms with Crippen molar-refractivity contribution in [1.82, 2.24) is 14.7 Å². The molecule has 5 nitrogen and oxygen atoms in total. The van der Waals surface area contributed by atoms with Gasteiger partial charge in [-0.15, -0.1) is 0 Å². The zero-order chi connectivity index (χ0) is 18.6. The van der Waals surface area contributed by atoms with E-state index in [-0.39, 0.29) is 11.9 Å². The Morgan fingerprint density at radius 3 is 2.78 bits per heavy atom. The van der Waals surface area contributed by atoms with Crippen molar-refractivity contribution < 1.29 is 9.53 Å². The number of benzene rings is 1. The van der Waals surface area contributed by atoms with E-state index in [2.05, 4.69) is 17.2 Å². The lowest BCUT2D eigenvalue weighted by atomic mass is 9.86. The van der Waals surface area contributed by atoms with E-state index in [1.54, 1.807) is 0 Å². The fourth-order valence-corrected chi connectivity index (χ4v) is 3.70. The molecular formula is C22H25N3O2. The number of nitrogens with zero attached hydrogens (tertiary/aromatic N) is 2. The van der Waals surface area contributed by atoms with Gasteiger partial charge in [0, 0.05) is 24.0 Å². The Morgan fingerprint density at radius 1 is 1.19 bits per heavy atom. The molecule has 2 aromatic heterocycles. The fourth-order valence-electron chi connectivity index (χ4n) is 3.70. The Morgan fingerprint density at radius 2 is 2.00 bits per heavy atom. The third kappa shape index (κ3) is 4.13. The van der Waals surface area contributed by atoms with E-state index >= 15 is 0 Å². The quantitative estimate of drug-likeness (QED) is 0.738. The summed E-state index contributed by atoms with van der Waals surface area (Å²) in [6.07, 6.45) is 8.67. The van der Waals surface area contributed by atoms with Gasteiger partial charge < -0.3 is 14.5 Å². The number of pyridine rings is 1. The van der Waals surface area contributed by atoms with E-state index < -0.39 is 0 Å². The summed E-state index contributed by atoms with van der Waals surface area (Å²) in [7, 11) is 0. The maximum atomic E-state index is 12.5. The molecule has 140 valence electrons. The van der Waals surface area contributed by atoms with E-state index in [0.717, 1.165) is 23.5 Å². The molecule has 0 bridgehead atoms. The standard InChI is InChI=1S/C22H25N3O2/c1-16-6-2-3-7-20(16)24-22(26)17-9-11-19(12-10-17)27-15-18-14-25-13-5-4-8-21(25)23-18/h4-5,8-14,16,20H,2-3,6-7,15H2,1H3,(H,24,26)/t16-,20-/m1/s1. The third-order valence-electron chi connectivity index (χ3n) is 5.35. The highest BCUT2D eigenvalue weighted by atomic mass is 16.5. The topological polar surface area (TPSA) is 55.6 Å². The number of ether oxygens (including phenoxy) is 1. The molecule has 3 aromatic rings. The van der Waals surface area contributed by atoms with Crippen LogP contribution in [0.4, 0.5) is 0 Å². The van der Waals surface area contributed by atoms with Crippen LogP contribution in [-0.2, 0) is 6.61 Å². The average Bonchev–Trinajstić information content (AvgIpc) is 3.11. The minimum atomic E-state index is 0.000603. The highest BCUT2D eigenvalue weighted by Gasteiger charge is 2.23. The molecule has 0 saturated heterocycles. The molecule has 2 heterocycles. The zero-order valence-electron chi connectivity index (χ0n) is 15.6. The molecule has 1 fully saturated rings. The monoisotopic (exact) mass is 363 g/mol. The van der Waals surface area contributed by atoms with Crippen LogP contribution in [0.25, 0.3) is 5.65 Å². The largest absolute Gasteiger partial charge is 0.487 e. The molecule has 0 unspecified atom stereocenters. The van der Waals surface area contributed by atoms with Crippen LogP contribution in [0.2, 0.25) is 0 Å². The van der Waals surface area contributed by atoms with Gasteiger partial charge in [0.15, 0.2) is 0 Å². The molecule has 2 atom stereocenters. The van der Waals surface area contributed by atoms with Gasteiger partial charge in [-0.1, -0.05) is 25.8 Å². The van der Waals surface area contributed by atoms with Crippen LogP contribution in [0.5, 0.6) is 5.75 Å². The third-order valence-corrected chi connectivity index (χ3v) is 5.35. The van der Waals surface area contributed by atoms with Gasteiger partial charge in [-0.05, 0) is 55.2 Å². The summed E-state index contributed by atoms with van der Waals surface area (Å²) in [5.74, 6) is 1.28. The van der Waals surface area contributed by atoms with Crippen molar-refractivity contribution in [1.29, 1.82) is 0 Å². The van der Waals surface area contributed by atoms with Crippen molar-refractivity contribution >= 4 is 11.6 Å². The van der Waals surface area contributed by atoms with Crippen molar-refractivity contribution in [2.75, 3.05) is 0 Å². The Kier molecular flexibility index (Phi) is 5.10. The maximum absolute atomic E-state index is 12.5. The van der Waals surface area contributed by atoms with E-state index in [1.807, 2.05) is 59.3 Å². The van der Waals surface area contributed by atoms with Gasteiger partial charge in [0.1, 0.15) is 18.0 Å². The van der Waals surface area contributed by atoms with E-state index in [9.17, 15) is 4.79 Å². The van der Waals surface area contributed by atoms with Crippen molar-refractivity contribution in [2.45, 2.75) is 45.3 Å². The van der Waals surface area contributed by atoms with Crippen LogP contribution in [-0.4, -0.2) is 21.3 Å². The first kappa shape index (κ1) is 17.6. The number of hydrogen-bond acceptors (Lipinski definition) is 3. The highest BCUT2D eigenvalue weighted by molar-refractivity contribution is 5.94. The number of rotatable bonds is 5. The lowest BCUT2D eigenvalue weighted by molar-refractivity contribution is 0.0910. The molecule has 5 heteroatoms. The minimum absolute atomic E-state index is 0.000603. The van der Waals surface area contributed by atoms with Gasteiger partial charge in [-0.3, -0.25) is 4.79 Å². The average molecular weight is 363 g/mol. The number of nitrogens with one attached hydrogen (secondary N) is 1. The molecule has 1 amide bonds. The molecule has 1 aliphatic carbocycles. The normalized spacial score (nSPS) is 19.7. The van der Waals surface area contributed by atoms with Crippen LogP contribution in [0.3, 0.4) is 0 Å². The summed E-state index contributed by atoms with van der Waals surface area (Å²) >= 11 is 0. The van der Waals surface area contributed by atoms with Crippen LogP contribution >= 0.6 is 0 Å². The van der Waals surface area contributed by atoms with Gasteiger partial charge in [0.2, 0.25) is 0 Å². The van der Waals surface area contributed by atoms with Crippen LogP contribution < -0.4 is 10.1 Å². The highest BCUT2D eigenvalue weighted by Crippen LogP contribution is 2.24. The summed E-state index contributed by atoms with van der Waals surface area (Å²) < 4.78 is 7.79.